The molecule has 1 aliphatic rings. The molecule has 0 bridgehead atoms. The van der Waals surface area contributed by atoms with Crippen LogP contribution in [0.25, 0.3) is 32.3 Å². The van der Waals surface area contributed by atoms with E-state index in [9.17, 15) is 0 Å². The van der Waals surface area contributed by atoms with E-state index in [1.165, 1.54) is 43.6 Å². The van der Waals surface area contributed by atoms with E-state index in [1.807, 2.05) is 0 Å². The minimum Gasteiger partial charge on any atom is -0.497 e. The lowest BCUT2D eigenvalue weighted by atomic mass is 9.92. The maximum Gasteiger partial charge on any atom is 0.119 e. The Balaban J connectivity index is 1.26. The summed E-state index contributed by atoms with van der Waals surface area (Å²) < 4.78 is 5.29. The highest BCUT2D eigenvalue weighted by Crippen LogP contribution is 2.35. The van der Waals surface area contributed by atoms with E-state index in [1.54, 1.807) is 12.0 Å². The van der Waals surface area contributed by atoms with Crippen LogP contribution in [0.5, 0.6) is 5.75 Å². The van der Waals surface area contributed by atoms with Crippen LogP contribution in [0, 0.1) is 0 Å². The van der Waals surface area contributed by atoms with Crippen LogP contribution >= 0.6 is 0 Å². The van der Waals surface area contributed by atoms with E-state index in [0.717, 1.165) is 38.5 Å². The summed E-state index contributed by atoms with van der Waals surface area (Å²) in [7, 11) is 1.72. The van der Waals surface area contributed by atoms with Crippen LogP contribution in [0.3, 0.4) is 0 Å². The molecule has 5 aromatic rings. The molecule has 0 aliphatic carbocycles. The van der Waals surface area contributed by atoms with Gasteiger partial charge in [0.2, 0.25) is 0 Å². The zero-order valence-electron chi connectivity index (χ0n) is 17.9. The fourth-order valence-electron chi connectivity index (χ4n) is 5.27. The molecule has 0 atom stereocenters. The smallest absolute Gasteiger partial charge is 0.119 e. The van der Waals surface area contributed by atoms with Gasteiger partial charge in [-0.2, -0.15) is 0 Å². The Hall–Kier alpha value is -3.30. The standard InChI is InChI=1S/C28H26N2O/c1-31-25-12-10-24(11-13-25)30-17-15-29(16-18-30)19-23-8-7-22-6-5-20-3-2-4-21-9-14-26(23)28(22)27(20)21/h2-14H,15-19H2,1H3/p+1. The van der Waals surface area contributed by atoms with Crippen molar-refractivity contribution in [2.45, 2.75) is 6.54 Å². The molecule has 31 heavy (non-hydrogen) atoms. The molecule has 1 aliphatic heterocycles. The van der Waals surface area contributed by atoms with Crippen LogP contribution in [0.15, 0.2) is 78.9 Å². The molecule has 3 heteroatoms. The van der Waals surface area contributed by atoms with Crippen LogP contribution in [-0.2, 0) is 6.54 Å². The predicted molar refractivity (Wildman–Crippen MR) is 130 cm³/mol. The van der Waals surface area contributed by atoms with Crippen LogP contribution < -0.4 is 14.5 Å². The Bertz CT molecular complexity index is 1340. The van der Waals surface area contributed by atoms with E-state index in [0.29, 0.717) is 0 Å². The van der Waals surface area contributed by atoms with Gasteiger partial charge in [-0.25, -0.2) is 0 Å². The summed E-state index contributed by atoms with van der Waals surface area (Å²) in [6, 6.07) is 28.9. The minimum atomic E-state index is 0.919. The first-order valence-electron chi connectivity index (χ1n) is 11.2. The van der Waals surface area contributed by atoms with Crippen molar-refractivity contribution in [1.82, 2.24) is 0 Å². The molecule has 6 rings (SSSR count). The Labute approximate surface area is 182 Å². The van der Waals surface area contributed by atoms with Crippen molar-refractivity contribution < 1.29 is 9.64 Å². The Kier molecular flexibility index (Phi) is 4.43. The molecule has 0 saturated carbocycles. The highest BCUT2D eigenvalue weighted by atomic mass is 16.5. The molecule has 5 aromatic carbocycles. The fourth-order valence-corrected chi connectivity index (χ4v) is 5.27. The summed E-state index contributed by atoms with van der Waals surface area (Å²) in [6.45, 7) is 5.59. The number of hydrogen-bond acceptors (Lipinski definition) is 2. The molecular weight excluding hydrogens is 380 g/mol. The number of ether oxygens (including phenoxy) is 1. The number of quaternary nitrogens is 1. The second-order valence-corrected chi connectivity index (χ2v) is 8.69. The van der Waals surface area contributed by atoms with Crippen molar-refractivity contribution >= 4 is 38.0 Å². The second kappa shape index (κ2) is 7.44. The maximum absolute atomic E-state index is 5.29. The molecule has 3 nitrogen and oxygen atoms in total. The lowest BCUT2D eigenvalue weighted by Crippen LogP contribution is -3.13. The van der Waals surface area contributed by atoms with Gasteiger partial charge in [0.15, 0.2) is 0 Å². The second-order valence-electron chi connectivity index (χ2n) is 8.69. The zero-order valence-corrected chi connectivity index (χ0v) is 17.9. The number of nitrogens with zero attached hydrogens (tertiary/aromatic N) is 1. The minimum absolute atomic E-state index is 0.919. The number of benzene rings is 5. The third-order valence-corrected chi connectivity index (χ3v) is 6.97. The average molecular weight is 408 g/mol. The number of methoxy groups -OCH3 is 1. The third-order valence-electron chi connectivity index (χ3n) is 6.97. The first kappa shape index (κ1) is 18.5. The Morgan fingerprint density at radius 1 is 0.742 bits per heavy atom. The van der Waals surface area contributed by atoms with Crippen molar-refractivity contribution in [2.75, 3.05) is 38.2 Å². The molecule has 1 N–H and O–H groups in total. The molecule has 1 heterocycles. The molecule has 0 aromatic heterocycles. The first-order valence-corrected chi connectivity index (χ1v) is 11.2. The van der Waals surface area contributed by atoms with Crippen LogP contribution in [0.4, 0.5) is 5.69 Å². The van der Waals surface area contributed by atoms with Crippen LogP contribution in [-0.4, -0.2) is 33.3 Å². The van der Waals surface area contributed by atoms with Crippen molar-refractivity contribution in [3.05, 3.63) is 84.4 Å². The SMILES string of the molecule is COc1ccc(N2CC[NH+](Cc3ccc4ccc5cccc6ccc3c4c56)CC2)cc1. The molecule has 0 spiro atoms. The monoisotopic (exact) mass is 407 g/mol. The zero-order chi connectivity index (χ0) is 20.8. The number of anilines is 1. The topological polar surface area (TPSA) is 16.9 Å². The number of rotatable bonds is 4. The Morgan fingerprint density at radius 2 is 1.39 bits per heavy atom. The summed E-state index contributed by atoms with van der Waals surface area (Å²) >= 11 is 0. The third kappa shape index (κ3) is 3.17. The van der Waals surface area contributed by atoms with Crippen molar-refractivity contribution in [1.29, 1.82) is 0 Å². The van der Waals surface area contributed by atoms with E-state index < -0.39 is 0 Å². The van der Waals surface area contributed by atoms with Gasteiger partial charge in [-0.05, 0) is 56.6 Å². The van der Waals surface area contributed by atoms with E-state index in [-0.39, 0.29) is 0 Å². The van der Waals surface area contributed by atoms with Gasteiger partial charge in [0, 0.05) is 11.3 Å². The average Bonchev–Trinajstić information content (AvgIpc) is 2.84. The van der Waals surface area contributed by atoms with Gasteiger partial charge in [0.25, 0.3) is 0 Å². The predicted octanol–water partition coefficient (Wildman–Crippen LogP) is 4.50. The maximum atomic E-state index is 5.29. The van der Waals surface area contributed by atoms with E-state index in [2.05, 4.69) is 83.8 Å². The highest BCUT2D eigenvalue weighted by molar-refractivity contribution is 6.23. The van der Waals surface area contributed by atoms with Gasteiger partial charge in [0.05, 0.1) is 33.3 Å². The quantitative estimate of drug-likeness (QED) is 0.442. The summed E-state index contributed by atoms with van der Waals surface area (Å²) in [6.07, 6.45) is 0. The fraction of sp³-hybridized carbons (Fsp3) is 0.214. The van der Waals surface area contributed by atoms with Gasteiger partial charge in [-0.1, -0.05) is 54.6 Å². The van der Waals surface area contributed by atoms with Gasteiger partial charge in [0.1, 0.15) is 12.3 Å². The molecule has 0 unspecified atom stereocenters. The van der Waals surface area contributed by atoms with E-state index >= 15 is 0 Å². The summed E-state index contributed by atoms with van der Waals surface area (Å²) in [5, 5.41) is 8.30. The Morgan fingerprint density at radius 3 is 2.10 bits per heavy atom. The van der Waals surface area contributed by atoms with Gasteiger partial charge in [-0.3, -0.25) is 0 Å². The summed E-state index contributed by atoms with van der Waals surface area (Å²) in [4.78, 5) is 4.16. The lowest BCUT2D eigenvalue weighted by molar-refractivity contribution is -0.914. The molecule has 154 valence electrons. The molecule has 1 saturated heterocycles. The van der Waals surface area contributed by atoms with Crippen LogP contribution in [0.1, 0.15) is 5.56 Å². The normalized spacial score (nSPS) is 15.3. The number of piperazine rings is 1. The van der Waals surface area contributed by atoms with Crippen molar-refractivity contribution in [3.63, 3.8) is 0 Å². The highest BCUT2D eigenvalue weighted by Gasteiger charge is 2.21. The van der Waals surface area contributed by atoms with E-state index in [4.69, 9.17) is 4.74 Å². The van der Waals surface area contributed by atoms with Crippen molar-refractivity contribution in [3.8, 4) is 5.75 Å². The van der Waals surface area contributed by atoms with Gasteiger partial charge >= 0.3 is 0 Å². The molecule has 1 fully saturated rings. The largest absolute Gasteiger partial charge is 0.497 e. The van der Waals surface area contributed by atoms with Crippen LogP contribution in [0.2, 0.25) is 0 Å². The summed E-state index contributed by atoms with van der Waals surface area (Å²) in [5.74, 6) is 0.919. The van der Waals surface area contributed by atoms with Gasteiger partial charge < -0.3 is 14.5 Å². The lowest BCUT2D eigenvalue weighted by Gasteiger charge is -2.34. The van der Waals surface area contributed by atoms with Crippen molar-refractivity contribution in [2.24, 2.45) is 0 Å². The first-order chi connectivity index (χ1) is 15.3. The molecule has 0 amide bonds. The number of hydrogen-bond donors (Lipinski definition) is 1. The molecule has 0 radical (unpaired) electrons. The molecular formula is C28H27N2O+. The van der Waals surface area contributed by atoms with Gasteiger partial charge in [-0.15, -0.1) is 0 Å². The number of nitrogens with one attached hydrogen (secondary N) is 1. The summed E-state index contributed by atoms with van der Waals surface area (Å²) in [5.41, 5.74) is 2.77.